The summed E-state index contributed by atoms with van der Waals surface area (Å²) in [6.45, 7) is 1.13. The van der Waals surface area contributed by atoms with Gasteiger partial charge in [-0.2, -0.15) is 8.42 Å². The van der Waals surface area contributed by atoms with Crippen molar-refractivity contribution in [1.82, 2.24) is 4.72 Å². The minimum atomic E-state index is -4.52. The van der Waals surface area contributed by atoms with Gasteiger partial charge in [0.15, 0.2) is 0 Å². The molecule has 1 amide bonds. The average Bonchev–Trinajstić information content (AvgIpc) is 1.53. The minimum absolute atomic E-state index is 0. The molecule has 0 aliphatic heterocycles. The predicted octanol–water partition coefficient (Wildman–Crippen LogP) is -1.76. The van der Waals surface area contributed by atoms with E-state index in [1.165, 1.54) is 4.72 Å². The number of Topliss-reactive ketones (excluding diaryl/α,β-unsaturated/α-hetero) is 1. The van der Waals surface area contributed by atoms with Crippen LogP contribution in [0.25, 0.3) is 0 Å². The summed E-state index contributed by atoms with van der Waals surface area (Å²) in [4.78, 5) is 20.6. The van der Waals surface area contributed by atoms with Gasteiger partial charge < -0.3 is 0 Å². The molecule has 0 unspecified atom stereocenters. The zero-order valence-corrected chi connectivity index (χ0v) is 6.51. The second-order valence-corrected chi connectivity index (χ2v) is 3.03. The molecule has 0 radical (unpaired) electrons. The van der Waals surface area contributed by atoms with Crippen LogP contribution in [0.4, 0.5) is 0 Å². The van der Waals surface area contributed by atoms with Gasteiger partial charge in [0.2, 0.25) is 5.91 Å². The summed E-state index contributed by atoms with van der Waals surface area (Å²) in [5.41, 5.74) is 0. The van der Waals surface area contributed by atoms with Crippen molar-refractivity contribution in [1.29, 1.82) is 0 Å². The molecule has 8 heteroatoms. The Morgan fingerprint density at radius 3 is 2.08 bits per heavy atom. The first-order chi connectivity index (χ1) is 4.81. The zero-order chi connectivity index (χ0) is 9.07. The molecule has 0 aromatic rings. The van der Waals surface area contributed by atoms with E-state index in [4.69, 9.17) is 4.55 Å². The van der Waals surface area contributed by atoms with Gasteiger partial charge in [0, 0.05) is 0 Å². The molecule has 0 atom stereocenters. The van der Waals surface area contributed by atoms with Crippen molar-refractivity contribution >= 4 is 40.9 Å². The summed E-state index contributed by atoms with van der Waals surface area (Å²) in [6, 6.07) is 0. The van der Waals surface area contributed by atoms with Crippen molar-refractivity contribution < 1.29 is 22.6 Å². The van der Waals surface area contributed by atoms with Crippen LogP contribution in [-0.4, -0.2) is 43.5 Å². The van der Waals surface area contributed by atoms with Crippen LogP contribution in [0.2, 0.25) is 0 Å². The Morgan fingerprint density at radius 1 is 1.42 bits per heavy atom. The van der Waals surface area contributed by atoms with Gasteiger partial charge in [-0.05, 0) is 6.92 Å². The van der Waals surface area contributed by atoms with Crippen LogP contribution in [0.1, 0.15) is 13.3 Å². The average molecular weight is 189 g/mol. The number of carbonyl (C=O) groups excluding carboxylic acids is 2. The Kier molecular flexibility index (Phi) is 6.29. The molecule has 0 bridgehead atoms. The van der Waals surface area contributed by atoms with E-state index in [-0.39, 0.29) is 18.9 Å². The van der Waals surface area contributed by atoms with E-state index in [9.17, 15) is 18.0 Å². The summed E-state index contributed by atoms with van der Waals surface area (Å²) >= 11 is 0. The molecular weight excluding hydrogens is 181 g/mol. The summed E-state index contributed by atoms with van der Waals surface area (Å²) < 4.78 is 29.1. The molecule has 0 fully saturated rings. The summed E-state index contributed by atoms with van der Waals surface area (Å²) in [5, 5.41) is 0. The second-order valence-electron chi connectivity index (χ2n) is 1.88. The Labute approximate surface area is 81.8 Å². The molecule has 66 valence electrons. The van der Waals surface area contributed by atoms with Crippen molar-refractivity contribution in [2.75, 3.05) is 0 Å². The van der Waals surface area contributed by atoms with Crippen LogP contribution in [0.15, 0.2) is 0 Å². The van der Waals surface area contributed by atoms with Crippen LogP contribution in [0, 0.1) is 0 Å². The first kappa shape index (κ1) is 14.2. The summed E-state index contributed by atoms with van der Waals surface area (Å²) in [5.74, 6) is -1.52. The van der Waals surface area contributed by atoms with Crippen molar-refractivity contribution in [3.8, 4) is 0 Å². The molecule has 0 saturated carbocycles. The van der Waals surface area contributed by atoms with Crippen molar-refractivity contribution in [2.45, 2.75) is 13.3 Å². The standard InChI is InChI=1S/C4H7NO5S.Li.H/c1-3(6)2-4(7)5-11(8,9)10;;/h2H2,1H3,(H,5,7)(H,8,9,10);;. The van der Waals surface area contributed by atoms with Gasteiger partial charge in [0.05, 0.1) is 6.42 Å². The quantitative estimate of drug-likeness (QED) is 0.311. The molecule has 0 rings (SSSR count). The molecular formula is C4H8LiNO5S. The number of rotatable bonds is 3. The predicted molar refractivity (Wildman–Crippen MR) is 42.1 cm³/mol. The van der Waals surface area contributed by atoms with Crippen LogP contribution in [0.3, 0.4) is 0 Å². The molecule has 12 heavy (non-hydrogen) atoms. The Balaban J connectivity index is 0. The van der Waals surface area contributed by atoms with E-state index in [1.807, 2.05) is 0 Å². The summed E-state index contributed by atoms with van der Waals surface area (Å²) in [7, 11) is -4.52. The molecule has 6 nitrogen and oxygen atoms in total. The number of amides is 1. The van der Waals surface area contributed by atoms with Gasteiger partial charge in [0.25, 0.3) is 0 Å². The Morgan fingerprint density at radius 2 is 1.83 bits per heavy atom. The number of carbonyl (C=O) groups is 2. The van der Waals surface area contributed by atoms with Crippen LogP contribution in [-0.2, 0) is 19.9 Å². The van der Waals surface area contributed by atoms with Crippen molar-refractivity contribution in [3.63, 3.8) is 0 Å². The molecule has 0 aliphatic rings. The molecule has 0 aromatic heterocycles. The van der Waals surface area contributed by atoms with Gasteiger partial charge in [0.1, 0.15) is 5.78 Å². The number of nitrogens with one attached hydrogen (secondary N) is 1. The van der Waals surface area contributed by atoms with E-state index in [0.717, 1.165) is 6.92 Å². The first-order valence-corrected chi connectivity index (χ1v) is 4.03. The number of hydrogen-bond donors (Lipinski definition) is 2. The monoisotopic (exact) mass is 189 g/mol. The van der Waals surface area contributed by atoms with E-state index in [0.29, 0.717) is 0 Å². The first-order valence-electron chi connectivity index (χ1n) is 2.59. The Hall–Kier alpha value is -0.353. The van der Waals surface area contributed by atoms with E-state index in [2.05, 4.69) is 0 Å². The molecule has 0 spiro atoms. The van der Waals surface area contributed by atoms with Crippen LogP contribution >= 0.6 is 0 Å². The fraction of sp³-hybridized carbons (Fsp3) is 0.500. The van der Waals surface area contributed by atoms with Crippen LogP contribution in [0.5, 0.6) is 0 Å². The summed E-state index contributed by atoms with van der Waals surface area (Å²) in [6.07, 6.45) is -0.556. The fourth-order valence-electron chi connectivity index (χ4n) is 0.406. The third-order valence-electron chi connectivity index (χ3n) is 0.652. The zero-order valence-electron chi connectivity index (χ0n) is 5.70. The third kappa shape index (κ3) is 9.65. The second kappa shape index (κ2) is 5.32. The maximum absolute atomic E-state index is 10.4. The van der Waals surface area contributed by atoms with Gasteiger partial charge in [-0.3, -0.25) is 14.1 Å². The molecule has 2 N–H and O–H groups in total. The fourth-order valence-corrected chi connectivity index (χ4v) is 0.766. The van der Waals surface area contributed by atoms with E-state index < -0.39 is 28.4 Å². The van der Waals surface area contributed by atoms with Crippen molar-refractivity contribution in [2.24, 2.45) is 0 Å². The molecule has 0 heterocycles. The topological polar surface area (TPSA) is 101 Å². The maximum atomic E-state index is 10.4. The van der Waals surface area contributed by atoms with E-state index >= 15 is 0 Å². The van der Waals surface area contributed by atoms with E-state index in [1.54, 1.807) is 0 Å². The van der Waals surface area contributed by atoms with Crippen molar-refractivity contribution in [3.05, 3.63) is 0 Å². The van der Waals surface area contributed by atoms with Gasteiger partial charge in [-0.25, -0.2) is 4.72 Å². The molecule has 0 aromatic carbocycles. The Bertz CT molecular complexity index is 271. The number of ketones is 1. The third-order valence-corrected chi connectivity index (χ3v) is 1.14. The number of hydrogen-bond acceptors (Lipinski definition) is 4. The van der Waals surface area contributed by atoms with Crippen LogP contribution < -0.4 is 4.72 Å². The van der Waals surface area contributed by atoms with Gasteiger partial charge >= 0.3 is 29.2 Å². The van der Waals surface area contributed by atoms with Gasteiger partial charge in [-0.15, -0.1) is 0 Å². The molecule has 0 aliphatic carbocycles. The SMILES string of the molecule is CC(=O)CC(=O)NS(=O)(=O)O.[LiH]. The van der Waals surface area contributed by atoms with Gasteiger partial charge in [-0.1, -0.05) is 0 Å². The normalized spacial score (nSPS) is 9.83. The molecule has 0 saturated heterocycles.